The Morgan fingerprint density at radius 3 is 2.69 bits per heavy atom. The lowest BCUT2D eigenvalue weighted by atomic mass is 9.86. The molecule has 5 rings (SSSR count). The lowest BCUT2D eigenvalue weighted by Crippen LogP contribution is -2.46. The molecule has 186 valence electrons. The highest BCUT2D eigenvalue weighted by atomic mass is 16.3. The van der Waals surface area contributed by atoms with Crippen molar-refractivity contribution in [3.63, 3.8) is 0 Å². The monoisotopic (exact) mass is 484 g/mol. The van der Waals surface area contributed by atoms with Crippen molar-refractivity contribution in [1.82, 2.24) is 19.8 Å². The fourth-order valence-electron chi connectivity index (χ4n) is 5.90. The van der Waals surface area contributed by atoms with Gasteiger partial charge in [-0.25, -0.2) is 0 Å². The van der Waals surface area contributed by atoms with E-state index in [0.29, 0.717) is 18.7 Å². The molecule has 5 atom stereocenters. The Hall–Kier alpha value is -3.55. The Bertz CT molecular complexity index is 1310. The van der Waals surface area contributed by atoms with Crippen LogP contribution in [0.15, 0.2) is 77.9 Å². The van der Waals surface area contributed by atoms with Crippen molar-refractivity contribution in [2.24, 2.45) is 11.8 Å². The van der Waals surface area contributed by atoms with Crippen LogP contribution in [0.3, 0.4) is 0 Å². The highest BCUT2D eigenvalue weighted by Gasteiger charge is 2.55. The Labute approximate surface area is 211 Å². The molecule has 1 saturated heterocycles. The molecule has 7 heteroatoms. The van der Waals surface area contributed by atoms with Gasteiger partial charge in [-0.05, 0) is 43.2 Å². The van der Waals surface area contributed by atoms with Crippen LogP contribution >= 0.6 is 0 Å². The van der Waals surface area contributed by atoms with E-state index in [1.54, 1.807) is 10.8 Å². The summed E-state index contributed by atoms with van der Waals surface area (Å²) in [4.78, 5) is 33.7. The van der Waals surface area contributed by atoms with Gasteiger partial charge in [0.05, 0.1) is 18.0 Å². The van der Waals surface area contributed by atoms with E-state index in [9.17, 15) is 14.7 Å². The topological polar surface area (TPSA) is 87.5 Å². The molecule has 3 aromatic rings. The van der Waals surface area contributed by atoms with E-state index >= 15 is 0 Å². The van der Waals surface area contributed by atoms with E-state index in [1.165, 1.54) is 0 Å². The van der Waals surface area contributed by atoms with Crippen molar-refractivity contribution >= 4 is 12.0 Å². The maximum absolute atomic E-state index is 13.8. The summed E-state index contributed by atoms with van der Waals surface area (Å²) in [6.07, 6.45) is 7.24. The van der Waals surface area contributed by atoms with Crippen LogP contribution in [0.4, 0.5) is 0 Å². The summed E-state index contributed by atoms with van der Waals surface area (Å²) in [5, 5.41) is 13.7. The van der Waals surface area contributed by atoms with Crippen molar-refractivity contribution in [2.45, 2.75) is 45.1 Å². The molecule has 0 aliphatic carbocycles. The lowest BCUT2D eigenvalue weighted by molar-refractivity contribution is -0.128. The molecular weight excluding hydrogens is 452 g/mol. The number of rotatable bonds is 7. The fourth-order valence-corrected chi connectivity index (χ4v) is 5.90. The zero-order valence-corrected chi connectivity index (χ0v) is 20.6. The van der Waals surface area contributed by atoms with Gasteiger partial charge >= 0.3 is 0 Å². The molecule has 2 aliphatic heterocycles. The van der Waals surface area contributed by atoms with Crippen LogP contribution in [0.5, 0.6) is 0 Å². The van der Waals surface area contributed by atoms with Gasteiger partial charge < -0.3 is 15.0 Å². The molecule has 7 nitrogen and oxygen atoms in total. The minimum atomic E-state index is -0.497. The first-order valence-electron chi connectivity index (χ1n) is 12.5. The summed E-state index contributed by atoms with van der Waals surface area (Å²) in [5.41, 5.74) is 3.44. The van der Waals surface area contributed by atoms with E-state index in [1.807, 2.05) is 86.8 Å². The standard InChI is InChI=1S/C29H32N4O3/c1-3-8-22-12-13-24-27-26(28(35)31-19(2)21-10-5-4-6-11-21)23(18-34)25(17-33(24)29(22)36)32(27)16-20-9-7-14-30-15-20/h3-15,19,23,25-27,34H,16-18H2,1-2H3,(H,31,35)/b8-3+/t19-,23-,25-,26+,27+/m0/s1. The first kappa shape index (κ1) is 24.2. The number of aliphatic hydroxyl groups excluding tert-OH is 1. The predicted molar refractivity (Wildman–Crippen MR) is 139 cm³/mol. The van der Waals surface area contributed by atoms with E-state index in [2.05, 4.69) is 15.2 Å². The van der Waals surface area contributed by atoms with Crippen molar-refractivity contribution < 1.29 is 9.90 Å². The summed E-state index contributed by atoms with van der Waals surface area (Å²) in [6.45, 7) is 4.74. The van der Waals surface area contributed by atoms with Crippen LogP contribution in [0.25, 0.3) is 6.08 Å². The number of aromatic nitrogens is 2. The van der Waals surface area contributed by atoms with Crippen molar-refractivity contribution in [2.75, 3.05) is 6.61 Å². The number of aliphatic hydroxyl groups is 1. The van der Waals surface area contributed by atoms with Gasteiger partial charge in [-0.2, -0.15) is 0 Å². The number of pyridine rings is 2. The summed E-state index contributed by atoms with van der Waals surface area (Å²) in [5.74, 6) is -0.907. The molecule has 2 aromatic heterocycles. The van der Waals surface area contributed by atoms with Gasteiger partial charge in [0.25, 0.3) is 5.56 Å². The Kier molecular flexibility index (Phi) is 6.85. The molecule has 0 spiro atoms. The van der Waals surface area contributed by atoms with Crippen LogP contribution in [-0.2, 0) is 17.9 Å². The summed E-state index contributed by atoms with van der Waals surface area (Å²) in [7, 11) is 0. The molecule has 0 radical (unpaired) electrons. The Balaban J connectivity index is 1.55. The third-order valence-electron chi connectivity index (χ3n) is 7.60. The molecule has 1 aromatic carbocycles. The number of nitrogens with one attached hydrogen (secondary N) is 1. The smallest absolute Gasteiger partial charge is 0.258 e. The summed E-state index contributed by atoms with van der Waals surface area (Å²) < 4.78 is 1.81. The average Bonchev–Trinajstić information content (AvgIpc) is 3.10. The molecule has 1 amide bonds. The number of hydrogen-bond acceptors (Lipinski definition) is 5. The zero-order valence-electron chi connectivity index (χ0n) is 20.6. The summed E-state index contributed by atoms with van der Waals surface area (Å²) in [6, 6.07) is 16.9. The number of amides is 1. The minimum Gasteiger partial charge on any atom is -0.396 e. The molecule has 1 fully saturated rings. The molecular formula is C29H32N4O3. The van der Waals surface area contributed by atoms with Gasteiger partial charge in [-0.1, -0.05) is 48.6 Å². The molecule has 4 heterocycles. The van der Waals surface area contributed by atoms with Gasteiger partial charge in [-0.3, -0.25) is 19.5 Å². The van der Waals surface area contributed by atoms with E-state index in [4.69, 9.17) is 0 Å². The number of benzene rings is 1. The summed E-state index contributed by atoms with van der Waals surface area (Å²) >= 11 is 0. The second-order valence-electron chi connectivity index (χ2n) is 9.69. The molecule has 2 bridgehead atoms. The molecule has 0 unspecified atom stereocenters. The molecule has 2 aliphatic rings. The first-order valence-corrected chi connectivity index (χ1v) is 12.5. The van der Waals surface area contributed by atoms with Crippen LogP contribution in [-0.4, -0.2) is 38.1 Å². The molecule has 36 heavy (non-hydrogen) atoms. The average molecular weight is 485 g/mol. The first-order chi connectivity index (χ1) is 17.5. The Morgan fingerprint density at radius 1 is 1.19 bits per heavy atom. The van der Waals surface area contributed by atoms with Crippen LogP contribution in [0.2, 0.25) is 0 Å². The number of fused-ring (bicyclic) bond motifs is 4. The van der Waals surface area contributed by atoms with Crippen LogP contribution < -0.4 is 10.9 Å². The maximum Gasteiger partial charge on any atom is 0.258 e. The number of carbonyl (C=O) groups excluding carboxylic acids is 1. The third-order valence-corrected chi connectivity index (χ3v) is 7.60. The van der Waals surface area contributed by atoms with Gasteiger partial charge in [-0.15, -0.1) is 0 Å². The molecule has 0 saturated carbocycles. The maximum atomic E-state index is 13.8. The number of hydrogen-bond donors (Lipinski definition) is 2. The number of nitrogens with zero attached hydrogens (tertiary/aromatic N) is 3. The van der Waals surface area contributed by atoms with Gasteiger partial charge in [0, 0.05) is 55.3 Å². The molecule has 2 N–H and O–H groups in total. The SMILES string of the molecule is C/C=C/c1ccc2n(c1=O)C[C@H]1[C@H](CO)[C@@H](C(=O)N[C@@H](C)c3ccccc3)[C@@H]2N1Cc1cccnc1. The van der Waals surface area contributed by atoms with Gasteiger partial charge in [0.1, 0.15) is 0 Å². The van der Waals surface area contributed by atoms with Crippen molar-refractivity contribution in [3.8, 4) is 0 Å². The van der Waals surface area contributed by atoms with Gasteiger partial charge in [0.2, 0.25) is 5.91 Å². The predicted octanol–water partition coefficient (Wildman–Crippen LogP) is 3.32. The lowest BCUT2D eigenvalue weighted by Gasteiger charge is -2.38. The van der Waals surface area contributed by atoms with Crippen LogP contribution in [0.1, 0.15) is 48.3 Å². The highest BCUT2D eigenvalue weighted by Crippen LogP contribution is 2.49. The quantitative estimate of drug-likeness (QED) is 0.537. The van der Waals surface area contributed by atoms with Crippen LogP contribution in [0, 0.1) is 11.8 Å². The van der Waals surface area contributed by atoms with E-state index in [-0.39, 0.29) is 42.1 Å². The normalized spacial score (nSPS) is 24.0. The number of carbonyl (C=O) groups is 1. The van der Waals surface area contributed by atoms with E-state index < -0.39 is 5.92 Å². The zero-order chi connectivity index (χ0) is 25.2. The second-order valence-corrected chi connectivity index (χ2v) is 9.69. The fraction of sp³-hybridized carbons (Fsp3) is 0.345. The van der Waals surface area contributed by atoms with Crippen molar-refractivity contribution in [1.29, 1.82) is 0 Å². The Morgan fingerprint density at radius 2 is 2.00 bits per heavy atom. The van der Waals surface area contributed by atoms with Crippen molar-refractivity contribution in [3.05, 3.63) is 106 Å². The van der Waals surface area contributed by atoms with Gasteiger partial charge in [0.15, 0.2) is 0 Å². The second kappa shape index (κ2) is 10.2. The van der Waals surface area contributed by atoms with E-state index in [0.717, 1.165) is 16.8 Å². The minimum absolute atomic E-state index is 0.0583. The highest BCUT2D eigenvalue weighted by molar-refractivity contribution is 5.81. The largest absolute Gasteiger partial charge is 0.396 e. The number of allylic oxidation sites excluding steroid dienone is 1. The third kappa shape index (κ3) is 4.29.